The Morgan fingerprint density at radius 3 is 2.65 bits per heavy atom. The van der Waals surface area contributed by atoms with E-state index in [-0.39, 0.29) is 34.5 Å². The third kappa shape index (κ3) is 4.62. The van der Waals surface area contributed by atoms with Crippen molar-refractivity contribution in [3.8, 4) is 17.2 Å². The number of aromatic nitrogens is 2. The van der Waals surface area contributed by atoms with E-state index < -0.39 is 17.9 Å². The van der Waals surface area contributed by atoms with E-state index in [1.807, 2.05) is 18.2 Å². The summed E-state index contributed by atoms with van der Waals surface area (Å²) in [6, 6.07) is 10.2. The van der Waals surface area contributed by atoms with Crippen molar-refractivity contribution in [3.63, 3.8) is 0 Å². The minimum absolute atomic E-state index is 0.00670. The average molecular weight is 531 g/mol. The Labute approximate surface area is 215 Å². The lowest BCUT2D eigenvalue weighted by atomic mass is 9.99. The van der Waals surface area contributed by atoms with E-state index in [0.717, 1.165) is 17.2 Å². The van der Waals surface area contributed by atoms with E-state index in [1.165, 1.54) is 19.2 Å². The van der Waals surface area contributed by atoms with Gasteiger partial charge in [0.25, 0.3) is 5.91 Å². The topological polar surface area (TPSA) is 94.5 Å². The molecule has 2 aromatic heterocycles. The standard InChI is InChI=1S/C26H22ClF3N4O3/c1-13(31)23-22(25(35)34-10-9-14-3-4-16(27)11-15(14)12-34)33-24(37-23)18-5-7-19(36-2)21-17(18)6-8-20(32-21)26(28,29)30/h3-8,11,13H,9-10,12,31H2,1-2H3/t13-/m0/s1. The number of oxazole rings is 1. The smallest absolute Gasteiger partial charge is 0.433 e. The zero-order chi connectivity index (χ0) is 26.5. The second-order valence-electron chi connectivity index (χ2n) is 8.82. The van der Waals surface area contributed by atoms with Crippen LogP contribution < -0.4 is 10.5 Å². The summed E-state index contributed by atoms with van der Waals surface area (Å²) in [6.45, 7) is 2.49. The van der Waals surface area contributed by atoms with E-state index >= 15 is 0 Å². The molecular formula is C26H22ClF3N4O3. The number of halogens is 4. The first-order chi connectivity index (χ1) is 17.6. The van der Waals surface area contributed by atoms with Crippen molar-refractivity contribution < 1.29 is 27.1 Å². The van der Waals surface area contributed by atoms with Crippen LogP contribution in [0.1, 0.15) is 46.0 Å². The number of carbonyl (C=O) groups is 1. The van der Waals surface area contributed by atoms with Crippen LogP contribution in [0.5, 0.6) is 5.75 Å². The van der Waals surface area contributed by atoms with Crippen LogP contribution in [0.25, 0.3) is 22.4 Å². The van der Waals surface area contributed by atoms with Crippen molar-refractivity contribution in [2.75, 3.05) is 13.7 Å². The van der Waals surface area contributed by atoms with Crippen molar-refractivity contribution in [1.82, 2.24) is 14.9 Å². The summed E-state index contributed by atoms with van der Waals surface area (Å²) in [5.41, 5.74) is 7.54. The van der Waals surface area contributed by atoms with Gasteiger partial charge in [-0.1, -0.05) is 17.7 Å². The minimum Gasteiger partial charge on any atom is -0.494 e. The van der Waals surface area contributed by atoms with E-state index in [2.05, 4.69) is 9.97 Å². The molecular weight excluding hydrogens is 509 g/mol. The van der Waals surface area contributed by atoms with Gasteiger partial charge in [0.15, 0.2) is 11.5 Å². The van der Waals surface area contributed by atoms with E-state index in [9.17, 15) is 18.0 Å². The molecule has 1 amide bonds. The van der Waals surface area contributed by atoms with Crippen LogP contribution in [-0.2, 0) is 19.1 Å². The van der Waals surface area contributed by atoms with Gasteiger partial charge < -0.3 is 19.8 Å². The number of methoxy groups -OCH3 is 1. The highest BCUT2D eigenvalue weighted by Gasteiger charge is 2.34. The number of rotatable bonds is 4. The summed E-state index contributed by atoms with van der Waals surface area (Å²) in [7, 11) is 1.34. The first-order valence-corrected chi connectivity index (χ1v) is 11.8. The van der Waals surface area contributed by atoms with Gasteiger partial charge in [-0.15, -0.1) is 0 Å². The molecule has 7 nitrogen and oxygen atoms in total. The van der Waals surface area contributed by atoms with Crippen molar-refractivity contribution in [2.24, 2.45) is 5.73 Å². The molecule has 37 heavy (non-hydrogen) atoms. The van der Waals surface area contributed by atoms with E-state index in [0.29, 0.717) is 35.5 Å². The quantitative estimate of drug-likeness (QED) is 0.359. The van der Waals surface area contributed by atoms with Gasteiger partial charge in [0.1, 0.15) is 17.0 Å². The van der Waals surface area contributed by atoms with Crippen molar-refractivity contribution in [3.05, 3.63) is 75.8 Å². The molecule has 0 aliphatic carbocycles. The predicted octanol–water partition coefficient (Wildman–Crippen LogP) is 5.79. The number of hydrogen-bond acceptors (Lipinski definition) is 6. The Morgan fingerprint density at radius 2 is 1.95 bits per heavy atom. The van der Waals surface area contributed by atoms with Crippen molar-refractivity contribution in [1.29, 1.82) is 0 Å². The lowest BCUT2D eigenvalue weighted by Crippen LogP contribution is -2.36. The number of hydrogen-bond donors (Lipinski definition) is 1. The van der Waals surface area contributed by atoms with Gasteiger partial charge in [-0.3, -0.25) is 4.79 Å². The highest BCUT2D eigenvalue weighted by molar-refractivity contribution is 6.30. The molecule has 1 atom stereocenters. The molecule has 5 rings (SSSR count). The predicted molar refractivity (Wildman–Crippen MR) is 131 cm³/mol. The van der Waals surface area contributed by atoms with Gasteiger partial charge in [-0.2, -0.15) is 13.2 Å². The Balaban J connectivity index is 1.57. The summed E-state index contributed by atoms with van der Waals surface area (Å²) >= 11 is 6.14. The fourth-order valence-corrected chi connectivity index (χ4v) is 4.65. The van der Waals surface area contributed by atoms with Crippen molar-refractivity contribution >= 4 is 28.4 Å². The van der Waals surface area contributed by atoms with Gasteiger partial charge >= 0.3 is 6.18 Å². The third-order valence-electron chi connectivity index (χ3n) is 6.30. The number of amides is 1. The summed E-state index contributed by atoms with van der Waals surface area (Å²) in [5, 5.41) is 0.909. The molecule has 0 radical (unpaired) electrons. The number of benzene rings is 2. The lowest BCUT2D eigenvalue weighted by molar-refractivity contribution is -0.140. The highest BCUT2D eigenvalue weighted by atomic mass is 35.5. The maximum atomic E-state index is 13.5. The van der Waals surface area contributed by atoms with Crippen LogP contribution in [0.4, 0.5) is 13.2 Å². The maximum absolute atomic E-state index is 13.5. The van der Waals surface area contributed by atoms with Gasteiger partial charge in [0, 0.05) is 29.1 Å². The molecule has 0 saturated heterocycles. The Morgan fingerprint density at radius 1 is 1.16 bits per heavy atom. The van der Waals surface area contributed by atoms with E-state index in [1.54, 1.807) is 17.9 Å². The van der Waals surface area contributed by atoms with E-state index in [4.69, 9.17) is 26.5 Å². The van der Waals surface area contributed by atoms with Gasteiger partial charge in [0.2, 0.25) is 5.89 Å². The minimum atomic E-state index is -4.63. The van der Waals surface area contributed by atoms with Gasteiger partial charge in [-0.25, -0.2) is 9.97 Å². The normalized spacial score (nSPS) is 14.5. The number of nitrogens with zero attached hydrogens (tertiary/aromatic N) is 3. The van der Waals surface area contributed by atoms with Crippen LogP contribution in [0, 0.1) is 0 Å². The molecule has 11 heteroatoms. The largest absolute Gasteiger partial charge is 0.494 e. The summed E-state index contributed by atoms with van der Waals surface area (Å²) < 4.78 is 51.1. The van der Waals surface area contributed by atoms with Crippen LogP contribution in [-0.4, -0.2) is 34.4 Å². The molecule has 0 unspecified atom stereocenters. The summed E-state index contributed by atoms with van der Waals surface area (Å²) in [6.07, 6.45) is -3.97. The van der Waals surface area contributed by atoms with Crippen molar-refractivity contribution in [2.45, 2.75) is 32.1 Å². The first kappa shape index (κ1) is 25.0. The zero-order valence-corrected chi connectivity index (χ0v) is 20.7. The summed E-state index contributed by atoms with van der Waals surface area (Å²) in [5.74, 6) is 0.0278. The van der Waals surface area contributed by atoms with Gasteiger partial charge in [-0.05, 0) is 60.9 Å². The number of pyridine rings is 1. The fourth-order valence-electron chi connectivity index (χ4n) is 4.46. The fraction of sp³-hybridized carbons (Fsp3) is 0.269. The second kappa shape index (κ2) is 9.35. The molecule has 2 aromatic carbocycles. The van der Waals surface area contributed by atoms with Crippen LogP contribution in [0.15, 0.2) is 46.9 Å². The summed E-state index contributed by atoms with van der Waals surface area (Å²) in [4.78, 5) is 23.4. The number of ether oxygens (including phenoxy) is 1. The van der Waals surface area contributed by atoms with Crippen LogP contribution in [0.3, 0.4) is 0 Å². The third-order valence-corrected chi connectivity index (χ3v) is 6.53. The molecule has 3 heterocycles. The maximum Gasteiger partial charge on any atom is 0.433 e. The molecule has 0 fully saturated rings. The first-order valence-electron chi connectivity index (χ1n) is 11.4. The Kier molecular flexibility index (Phi) is 6.33. The van der Waals surface area contributed by atoms with Gasteiger partial charge in [0.05, 0.1) is 13.2 Å². The number of nitrogens with two attached hydrogens (primary N) is 1. The van der Waals surface area contributed by atoms with Crippen LogP contribution in [0.2, 0.25) is 5.02 Å². The highest BCUT2D eigenvalue weighted by Crippen LogP contribution is 2.37. The molecule has 192 valence electrons. The molecule has 1 aliphatic rings. The molecule has 1 aliphatic heterocycles. The Bertz CT molecular complexity index is 1520. The number of fused-ring (bicyclic) bond motifs is 2. The molecule has 0 saturated carbocycles. The Hall–Kier alpha value is -3.63. The second-order valence-corrected chi connectivity index (χ2v) is 9.25. The molecule has 4 aromatic rings. The SMILES string of the molecule is COc1ccc(-c2nc(C(=O)N3CCc4ccc(Cl)cc4C3)c([C@H](C)N)o2)c2ccc(C(F)(F)F)nc12. The number of carbonyl (C=O) groups excluding carboxylic acids is 1. The average Bonchev–Trinajstić information content (AvgIpc) is 3.32. The monoisotopic (exact) mass is 530 g/mol. The van der Waals surface area contributed by atoms with Crippen LogP contribution >= 0.6 is 11.6 Å². The lowest BCUT2D eigenvalue weighted by Gasteiger charge is -2.28. The zero-order valence-electron chi connectivity index (χ0n) is 19.9. The molecule has 0 bridgehead atoms. The number of alkyl halides is 3. The molecule has 0 spiro atoms. The molecule has 2 N–H and O–H groups in total.